The second-order valence-corrected chi connectivity index (χ2v) is 7.95. The van der Waals surface area contributed by atoms with Crippen LogP contribution in [0.2, 0.25) is 0 Å². The Morgan fingerprint density at radius 2 is 1.81 bits per heavy atom. The fraction of sp³-hybridized carbons (Fsp3) is 0.381. The normalized spacial score (nSPS) is 14.1. The minimum atomic E-state index is -1.02. The molecule has 1 N–H and O–H groups in total. The van der Waals surface area contributed by atoms with Crippen molar-refractivity contribution in [1.82, 2.24) is 5.32 Å². The summed E-state index contributed by atoms with van der Waals surface area (Å²) in [6.45, 7) is 8.85. The van der Waals surface area contributed by atoms with E-state index in [1.165, 1.54) is 18.3 Å². The fourth-order valence-electron chi connectivity index (χ4n) is 2.35. The molecule has 1 aromatic carbocycles. The molecular weight excluding hydrogens is 360 g/mol. The number of thiophene rings is 1. The maximum absolute atomic E-state index is 12.6. The van der Waals surface area contributed by atoms with Crippen LogP contribution in [0.25, 0.3) is 11.1 Å². The third kappa shape index (κ3) is 4.75. The van der Waals surface area contributed by atoms with Crippen LogP contribution in [-0.2, 0) is 9.53 Å². The van der Waals surface area contributed by atoms with Crippen LogP contribution in [-0.4, -0.2) is 23.5 Å². The summed E-state index contributed by atoms with van der Waals surface area (Å²) in [5.41, 5.74) is 1.81. The lowest BCUT2D eigenvalue weighted by molar-refractivity contribution is -0.130. The quantitative estimate of drug-likeness (QED) is 0.752. The summed E-state index contributed by atoms with van der Waals surface area (Å²) in [6.07, 6.45) is -1.00. The van der Waals surface area contributed by atoms with E-state index in [-0.39, 0.29) is 5.92 Å². The van der Waals surface area contributed by atoms with Gasteiger partial charge in [0.2, 0.25) is 0 Å². The Morgan fingerprint density at radius 1 is 1.19 bits per heavy atom. The Bertz CT molecular complexity index is 864. The van der Waals surface area contributed by atoms with Crippen molar-refractivity contribution in [2.75, 3.05) is 0 Å². The van der Waals surface area contributed by atoms with E-state index in [0.29, 0.717) is 4.88 Å². The van der Waals surface area contributed by atoms with Crippen molar-refractivity contribution in [3.8, 4) is 17.2 Å². The highest BCUT2D eigenvalue weighted by molar-refractivity contribution is 7.12. The highest BCUT2D eigenvalue weighted by Crippen LogP contribution is 2.29. The second-order valence-electron chi connectivity index (χ2n) is 7.04. The van der Waals surface area contributed by atoms with Gasteiger partial charge < -0.3 is 10.1 Å². The zero-order valence-electron chi connectivity index (χ0n) is 16.2. The maximum Gasteiger partial charge on any atom is 0.349 e. The van der Waals surface area contributed by atoms with Crippen molar-refractivity contribution in [3.05, 3.63) is 46.2 Å². The van der Waals surface area contributed by atoms with Gasteiger partial charge in [0.05, 0.1) is 6.07 Å². The number of carbonyl (C=O) groups excluding carboxylic acids is 2. The third-order valence-corrected chi connectivity index (χ3v) is 5.53. The molecule has 5 nitrogen and oxygen atoms in total. The predicted molar refractivity (Wildman–Crippen MR) is 106 cm³/mol. The number of rotatable bonds is 6. The first-order chi connectivity index (χ1) is 12.7. The third-order valence-electron chi connectivity index (χ3n) is 4.64. The molecule has 0 fully saturated rings. The van der Waals surface area contributed by atoms with Gasteiger partial charge in [0.15, 0.2) is 6.10 Å². The number of nitrogens with one attached hydrogen (secondary N) is 1. The Morgan fingerprint density at radius 3 is 2.37 bits per heavy atom. The number of nitrogens with zero attached hydrogens (tertiary/aromatic N) is 1. The molecular formula is C21H24N2O3S. The fourth-order valence-corrected chi connectivity index (χ4v) is 3.15. The van der Waals surface area contributed by atoms with Crippen molar-refractivity contribution >= 4 is 23.2 Å². The van der Waals surface area contributed by atoms with E-state index >= 15 is 0 Å². The molecule has 6 heteroatoms. The number of benzene rings is 1. The smallest absolute Gasteiger partial charge is 0.349 e. The molecule has 1 amide bonds. The standard InChI is InChI=1S/C21H24N2O3S/c1-13(2)21(5,12-22)23-19(24)15(4)26-20(25)18-17(10-11-27-18)16-8-6-14(3)7-9-16/h6-11,13,15H,1-5H3,(H,23,24). The number of nitriles is 1. The van der Waals surface area contributed by atoms with E-state index in [2.05, 4.69) is 11.4 Å². The van der Waals surface area contributed by atoms with E-state index in [1.54, 1.807) is 6.92 Å². The van der Waals surface area contributed by atoms with Crippen LogP contribution < -0.4 is 5.32 Å². The summed E-state index contributed by atoms with van der Waals surface area (Å²) in [7, 11) is 0. The lowest BCUT2D eigenvalue weighted by atomic mass is 9.90. The Labute approximate surface area is 164 Å². The molecule has 0 radical (unpaired) electrons. The van der Waals surface area contributed by atoms with Crippen molar-refractivity contribution < 1.29 is 14.3 Å². The van der Waals surface area contributed by atoms with Crippen LogP contribution in [0, 0.1) is 24.2 Å². The van der Waals surface area contributed by atoms with Gasteiger partial charge in [0.25, 0.3) is 5.91 Å². The van der Waals surface area contributed by atoms with Gasteiger partial charge in [0, 0.05) is 5.56 Å². The summed E-state index contributed by atoms with van der Waals surface area (Å²) < 4.78 is 5.36. The summed E-state index contributed by atoms with van der Waals surface area (Å²) in [6, 6.07) is 11.8. The van der Waals surface area contributed by atoms with Gasteiger partial charge in [-0.1, -0.05) is 43.7 Å². The number of ether oxygens (including phenoxy) is 1. The van der Waals surface area contributed by atoms with E-state index in [1.807, 2.05) is 56.5 Å². The molecule has 142 valence electrons. The van der Waals surface area contributed by atoms with Crippen LogP contribution >= 0.6 is 11.3 Å². The summed E-state index contributed by atoms with van der Waals surface area (Å²) >= 11 is 1.27. The average molecular weight is 385 g/mol. The molecule has 0 spiro atoms. The molecule has 2 rings (SSSR count). The molecule has 0 bridgehead atoms. The summed E-state index contributed by atoms with van der Waals surface area (Å²) in [5, 5.41) is 13.8. The number of esters is 1. The van der Waals surface area contributed by atoms with Gasteiger partial charge in [-0.3, -0.25) is 4.79 Å². The first kappa shape index (κ1) is 20.7. The number of amides is 1. The second kappa shape index (κ2) is 8.36. The van der Waals surface area contributed by atoms with Crippen molar-refractivity contribution in [1.29, 1.82) is 5.26 Å². The van der Waals surface area contributed by atoms with Crippen molar-refractivity contribution in [3.63, 3.8) is 0 Å². The zero-order valence-corrected chi connectivity index (χ0v) is 17.0. The molecule has 2 unspecified atom stereocenters. The monoisotopic (exact) mass is 384 g/mol. The number of hydrogen-bond acceptors (Lipinski definition) is 5. The van der Waals surface area contributed by atoms with Crippen LogP contribution in [0.3, 0.4) is 0 Å². The summed E-state index contributed by atoms with van der Waals surface area (Å²) in [5.74, 6) is -1.12. The van der Waals surface area contributed by atoms with E-state index in [4.69, 9.17) is 4.74 Å². The molecule has 27 heavy (non-hydrogen) atoms. The topological polar surface area (TPSA) is 79.2 Å². The van der Waals surface area contributed by atoms with Gasteiger partial charge in [-0.2, -0.15) is 5.26 Å². The van der Waals surface area contributed by atoms with E-state index in [0.717, 1.165) is 16.7 Å². The van der Waals surface area contributed by atoms with Gasteiger partial charge in [-0.15, -0.1) is 11.3 Å². The lowest BCUT2D eigenvalue weighted by Crippen LogP contribution is -2.52. The van der Waals surface area contributed by atoms with Crippen LogP contribution in [0.5, 0.6) is 0 Å². The number of carbonyl (C=O) groups is 2. The molecule has 2 aromatic rings. The predicted octanol–water partition coefficient (Wildman–Crippen LogP) is 4.32. The summed E-state index contributed by atoms with van der Waals surface area (Å²) in [4.78, 5) is 25.4. The molecule has 1 heterocycles. The average Bonchev–Trinajstić information content (AvgIpc) is 3.11. The first-order valence-electron chi connectivity index (χ1n) is 8.76. The molecule has 0 aliphatic heterocycles. The largest absolute Gasteiger partial charge is 0.448 e. The van der Waals surface area contributed by atoms with Gasteiger partial charge in [-0.25, -0.2) is 4.79 Å². The minimum Gasteiger partial charge on any atom is -0.448 e. The highest BCUT2D eigenvalue weighted by atomic mass is 32.1. The van der Waals surface area contributed by atoms with Crippen molar-refractivity contribution in [2.45, 2.75) is 46.3 Å². The SMILES string of the molecule is Cc1ccc(-c2ccsc2C(=O)OC(C)C(=O)NC(C)(C#N)C(C)C)cc1. The minimum absolute atomic E-state index is 0.0835. The lowest BCUT2D eigenvalue weighted by Gasteiger charge is -2.28. The first-order valence-corrected chi connectivity index (χ1v) is 9.64. The molecule has 2 atom stereocenters. The van der Waals surface area contributed by atoms with Crippen LogP contribution in [0.4, 0.5) is 0 Å². The number of hydrogen-bond donors (Lipinski definition) is 1. The van der Waals surface area contributed by atoms with Gasteiger partial charge in [-0.05, 0) is 43.7 Å². The van der Waals surface area contributed by atoms with Gasteiger partial charge in [0.1, 0.15) is 10.4 Å². The van der Waals surface area contributed by atoms with E-state index < -0.39 is 23.5 Å². The van der Waals surface area contributed by atoms with Gasteiger partial charge >= 0.3 is 5.97 Å². The van der Waals surface area contributed by atoms with Crippen molar-refractivity contribution in [2.24, 2.45) is 5.92 Å². The molecule has 0 aliphatic rings. The Kier molecular flexibility index (Phi) is 6.40. The van der Waals surface area contributed by atoms with E-state index in [9.17, 15) is 14.9 Å². The Balaban J connectivity index is 2.12. The maximum atomic E-state index is 12.6. The Hall–Kier alpha value is -2.65. The molecule has 0 saturated carbocycles. The zero-order chi connectivity index (χ0) is 20.2. The molecule has 1 aromatic heterocycles. The van der Waals surface area contributed by atoms with Crippen LogP contribution in [0.15, 0.2) is 35.7 Å². The molecule has 0 aliphatic carbocycles. The number of aryl methyl sites for hydroxylation is 1. The molecule has 0 saturated heterocycles. The highest BCUT2D eigenvalue weighted by Gasteiger charge is 2.33. The van der Waals surface area contributed by atoms with Crippen LogP contribution in [0.1, 0.15) is 42.9 Å².